The molecule has 1 N–H and O–H groups in total. The molecule has 0 aliphatic carbocycles. The average Bonchev–Trinajstić information content (AvgIpc) is 2.80. The van der Waals surface area contributed by atoms with Gasteiger partial charge in [-0.15, -0.1) is 0 Å². The summed E-state index contributed by atoms with van der Waals surface area (Å²) in [6, 6.07) is 6.42. The Hall–Kier alpha value is -1.07. The summed E-state index contributed by atoms with van der Waals surface area (Å²) in [6.45, 7) is 4.48. The smallest absolute Gasteiger partial charge is 0.186 e. The topological polar surface area (TPSA) is 36.4 Å². The summed E-state index contributed by atoms with van der Waals surface area (Å²) in [5.74, 6) is 0. The lowest BCUT2D eigenvalue weighted by molar-refractivity contribution is 0.285. The largest absolute Gasteiger partial charge is 0.396 e. The van der Waals surface area contributed by atoms with Gasteiger partial charge in [0.25, 0.3) is 0 Å². The third kappa shape index (κ3) is 3.70. The fourth-order valence-electron chi connectivity index (χ4n) is 2.14. The van der Waals surface area contributed by atoms with Gasteiger partial charge in [0.05, 0.1) is 10.2 Å². The van der Waals surface area contributed by atoms with Gasteiger partial charge in [0, 0.05) is 19.7 Å². The summed E-state index contributed by atoms with van der Waals surface area (Å²) in [5, 5.41) is 10.0. The van der Waals surface area contributed by atoms with E-state index in [1.807, 2.05) is 0 Å². The number of rotatable bonds is 7. The van der Waals surface area contributed by atoms with Gasteiger partial charge in [-0.3, -0.25) is 0 Å². The minimum absolute atomic E-state index is 0.277. The normalized spacial score (nSPS) is 11.1. The predicted octanol–water partition coefficient (Wildman–Crippen LogP) is 1.54. The van der Waals surface area contributed by atoms with Gasteiger partial charge in [-0.2, -0.15) is 0 Å². The van der Waals surface area contributed by atoms with E-state index in [4.69, 9.17) is 10.1 Å². The maximum atomic E-state index is 8.89. The molecule has 0 saturated carbocycles. The van der Waals surface area contributed by atoms with Crippen molar-refractivity contribution < 1.29 is 5.11 Å². The van der Waals surface area contributed by atoms with Gasteiger partial charge in [0.15, 0.2) is 5.13 Å². The maximum Gasteiger partial charge on any atom is 0.186 e. The van der Waals surface area contributed by atoms with Gasteiger partial charge in [-0.25, -0.2) is 4.98 Å². The first-order valence-corrected chi connectivity index (χ1v) is 7.79. The third-order valence-corrected chi connectivity index (χ3v) is 4.21. The number of nitrogens with zero attached hydrogens (tertiary/aromatic N) is 2. The molecule has 0 radical (unpaired) electrons. The number of fused-ring (bicyclic) bond motifs is 1. The molecule has 2 aromatic rings. The second kappa shape index (κ2) is 6.92. The molecule has 0 bridgehead atoms. The molecule has 1 aromatic heterocycles. The van der Waals surface area contributed by atoms with Crippen molar-refractivity contribution in [2.45, 2.75) is 26.2 Å². The Morgan fingerprint density at radius 1 is 1.32 bits per heavy atom. The Morgan fingerprint density at radius 3 is 2.89 bits per heavy atom. The van der Waals surface area contributed by atoms with Crippen LogP contribution in [0.15, 0.2) is 18.2 Å². The molecule has 0 fully saturated rings. The predicted molar refractivity (Wildman–Crippen MR) is 86.6 cm³/mol. The van der Waals surface area contributed by atoms with Crippen LogP contribution >= 0.6 is 11.3 Å². The second-order valence-corrected chi connectivity index (χ2v) is 5.89. The summed E-state index contributed by atoms with van der Waals surface area (Å²) in [7, 11) is 2.11. The Balaban J connectivity index is 2.17. The highest BCUT2D eigenvalue weighted by atomic mass is 32.1. The number of unbranched alkanes of at least 4 members (excludes halogenated alkanes) is 1. The van der Waals surface area contributed by atoms with Gasteiger partial charge in [0.1, 0.15) is 7.85 Å². The van der Waals surface area contributed by atoms with Crippen LogP contribution in [0.4, 0.5) is 5.13 Å². The molecule has 0 spiro atoms. The van der Waals surface area contributed by atoms with Crippen LogP contribution in [-0.4, -0.2) is 37.6 Å². The first kappa shape index (κ1) is 14.3. The molecular weight excluding hydrogens is 255 g/mol. The number of benzene rings is 1. The lowest BCUT2D eigenvalue weighted by Gasteiger charge is -2.20. The number of aromatic nitrogens is 1. The van der Waals surface area contributed by atoms with E-state index in [1.54, 1.807) is 11.3 Å². The highest BCUT2D eigenvalue weighted by Crippen LogP contribution is 2.28. The molecule has 0 amide bonds. The van der Waals surface area contributed by atoms with Crippen molar-refractivity contribution in [1.82, 2.24) is 4.98 Å². The minimum atomic E-state index is 0.277. The first-order chi connectivity index (χ1) is 9.24. The van der Waals surface area contributed by atoms with Crippen molar-refractivity contribution in [2.24, 2.45) is 0 Å². The van der Waals surface area contributed by atoms with Crippen molar-refractivity contribution in [3.05, 3.63) is 18.2 Å². The SMILES string of the molecule is Bc1ccc2nc(N(CCC)CCCCO)sc2c1. The van der Waals surface area contributed by atoms with Crippen LogP contribution in [0.1, 0.15) is 26.2 Å². The fourth-order valence-corrected chi connectivity index (χ4v) is 3.26. The molecule has 2 rings (SSSR count). The zero-order valence-electron chi connectivity index (χ0n) is 11.7. The number of hydrogen-bond donors (Lipinski definition) is 1. The lowest BCUT2D eigenvalue weighted by atomic mass is 9.97. The maximum absolute atomic E-state index is 8.89. The van der Waals surface area contributed by atoms with Crippen LogP contribution in [0, 0.1) is 0 Å². The molecule has 0 unspecified atom stereocenters. The molecular formula is C14H21BN2OS. The second-order valence-electron chi connectivity index (χ2n) is 4.89. The van der Waals surface area contributed by atoms with Crippen molar-refractivity contribution in [3.8, 4) is 0 Å². The van der Waals surface area contributed by atoms with E-state index < -0.39 is 0 Å². The van der Waals surface area contributed by atoms with Gasteiger partial charge >= 0.3 is 0 Å². The van der Waals surface area contributed by atoms with E-state index in [1.165, 1.54) is 10.2 Å². The molecule has 0 saturated heterocycles. The van der Waals surface area contributed by atoms with Gasteiger partial charge in [-0.05, 0) is 31.4 Å². The molecule has 0 aliphatic rings. The van der Waals surface area contributed by atoms with Crippen LogP contribution < -0.4 is 10.4 Å². The Labute approximate surface area is 119 Å². The van der Waals surface area contributed by atoms with Crippen molar-refractivity contribution in [1.29, 1.82) is 0 Å². The number of aliphatic hydroxyl groups excluding tert-OH is 1. The Kier molecular flexibility index (Phi) is 5.22. The Bertz CT molecular complexity index is 529. The van der Waals surface area contributed by atoms with Crippen LogP contribution in [0.5, 0.6) is 0 Å². The summed E-state index contributed by atoms with van der Waals surface area (Å²) < 4.78 is 1.26. The molecule has 0 atom stereocenters. The van der Waals surface area contributed by atoms with Crippen LogP contribution in [0.25, 0.3) is 10.2 Å². The number of hydrogen-bond acceptors (Lipinski definition) is 4. The van der Waals surface area contributed by atoms with Crippen molar-refractivity contribution >= 4 is 40.0 Å². The quantitative estimate of drug-likeness (QED) is 0.615. The van der Waals surface area contributed by atoms with E-state index in [-0.39, 0.29) is 6.61 Å². The zero-order valence-corrected chi connectivity index (χ0v) is 12.5. The number of anilines is 1. The summed E-state index contributed by atoms with van der Waals surface area (Å²) in [4.78, 5) is 7.08. The van der Waals surface area contributed by atoms with E-state index in [9.17, 15) is 0 Å². The number of aliphatic hydroxyl groups is 1. The van der Waals surface area contributed by atoms with Crippen molar-refractivity contribution in [2.75, 3.05) is 24.6 Å². The van der Waals surface area contributed by atoms with Crippen LogP contribution in [0.2, 0.25) is 0 Å². The summed E-state index contributed by atoms with van der Waals surface area (Å²) >= 11 is 1.77. The van der Waals surface area contributed by atoms with E-state index in [0.29, 0.717) is 0 Å². The Morgan fingerprint density at radius 2 is 2.16 bits per heavy atom. The summed E-state index contributed by atoms with van der Waals surface area (Å²) in [6.07, 6.45) is 3.00. The third-order valence-electron chi connectivity index (χ3n) is 3.13. The minimum Gasteiger partial charge on any atom is -0.396 e. The van der Waals surface area contributed by atoms with Crippen molar-refractivity contribution in [3.63, 3.8) is 0 Å². The molecule has 1 aromatic carbocycles. The zero-order chi connectivity index (χ0) is 13.7. The fraction of sp³-hybridized carbons (Fsp3) is 0.500. The first-order valence-electron chi connectivity index (χ1n) is 6.97. The monoisotopic (exact) mass is 276 g/mol. The molecule has 1 heterocycles. The average molecular weight is 276 g/mol. The standard InChI is InChI=1S/C14H21BN2OS/c1-2-7-17(8-3-4-9-18)14-16-12-6-5-11(15)10-13(12)19-14/h5-6,10,18H,2-4,7-9,15H2,1H3. The molecule has 102 valence electrons. The molecule has 5 heteroatoms. The van der Waals surface area contributed by atoms with Crippen LogP contribution in [0.3, 0.4) is 0 Å². The lowest BCUT2D eigenvalue weighted by Crippen LogP contribution is -2.25. The van der Waals surface area contributed by atoms with Gasteiger partial charge < -0.3 is 10.0 Å². The molecule has 19 heavy (non-hydrogen) atoms. The van der Waals surface area contributed by atoms with E-state index >= 15 is 0 Å². The molecule has 0 aliphatic heterocycles. The van der Waals surface area contributed by atoms with E-state index in [2.05, 4.69) is 37.9 Å². The summed E-state index contributed by atoms with van der Waals surface area (Å²) in [5.41, 5.74) is 2.37. The van der Waals surface area contributed by atoms with Crippen LogP contribution in [-0.2, 0) is 0 Å². The number of thiazole rings is 1. The highest BCUT2D eigenvalue weighted by Gasteiger charge is 2.11. The molecule has 3 nitrogen and oxygen atoms in total. The van der Waals surface area contributed by atoms with Gasteiger partial charge in [0.2, 0.25) is 0 Å². The van der Waals surface area contributed by atoms with Gasteiger partial charge in [-0.1, -0.05) is 29.8 Å². The highest BCUT2D eigenvalue weighted by molar-refractivity contribution is 7.22. The van der Waals surface area contributed by atoms with E-state index in [0.717, 1.165) is 43.0 Å².